The molecule has 0 heterocycles. The Labute approximate surface area is 74.1 Å². The van der Waals surface area contributed by atoms with E-state index in [2.05, 4.69) is 0 Å². The van der Waals surface area contributed by atoms with Gasteiger partial charge in [0.2, 0.25) is 0 Å². The molecular weight excluding hydrogens is 297 g/mol. The second-order valence-electron chi connectivity index (χ2n) is 0.756. The minimum absolute atomic E-state index is 0. The minimum atomic E-state index is -5.62. The topological polar surface area (TPSA) is 149 Å². The van der Waals surface area contributed by atoms with Crippen LogP contribution in [0.4, 0.5) is 0 Å². The van der Waals surface area contributed by atoms with Crippen molar-refractivity contribution in [2.75, 3.05) is 0 Å². The summed E-state index contributed by atoms with van der Waals surface area (Å²) in [4.78, 5) is 0. The molecule has 1 radical (unpaired) electrons. The van der Waals surface area contributed by atoms with Crippen LogP contribution in [0, 0.1) is 0 Å². The first-order valence-electron chi connectivity index (χ1n) is 1.23. The molecule has 0 aromatic heterocycles. The van der Waals surface area contributed by atoms with E-state index < -0.39 is 25.9 Å². The fraction of sp³-hybridized carbons (Fsp3) is 0. The molecule has 0 saturated heterocycles. The summed E-state index contributed by atoms with van der Waals surface area (Å²) >= 11 is -11.2. The normalized spacial score (nSPS) is 10.4. The van der Waals surface area contributed by atoms with Crippen LogP contribution < -0.4 is 8.38 Å². The van der Waals surface area contributed by atoms with Crippen molar-refractivity contribution in [2.45, 2.75) is 0 Å². The van der Waals surface area contributed by atoms with Crippen LogP contribution in [0.1, 0.15) is 0 Å². The summed E-state index contributed by atoms with van der Waals surface area (Å²) in [5.41, 5.74) is 0. The third-order valence-electron chi connectivity index (χ3n) is 0. The van der Waals surface area contributed by atoms with Crippen molar-refractivity contribution in [1.82, 2.24) is 0 Å². The molecule has 0 rings (SSSR count). The van der Waals surface area contributed by atoms with Gasteiger partial charge in [-0.25, -0.2) is 0 Å². The predicted octanol–water partition coefficient (Wildman–Crippen LogP) is -3.10. The maximum atomic E-state index is 8.58. The molecule has 0 atom stereocenters. The van der Waals surface area contributed by atoms with Gasteiger partial charge in [0.15, 0.2) is 0 Å². The van der Waals surface area contributed by atoms with E-state index in [0.717, 1.165) is 0 Å². The molecule has 0 aromatic rings. The van der Waals surface area contributed by atoms with Crippen molar-refractivity contribution in [3.05, 3.63) is 0 Å². The summed E-state index contributed by atoms with van der Waals surface area (Å²) in [5, 5.41) is 0. The Bertz CT molecular complexity index is 296. The van der Waals surface area contributed by atoms with E-state index in [1.165, 1.54) is 0 Å². The monoisotopic (exact) mass is 297 g/mol. The number of rotatable bonds is 0. The molecule has 0 aliphatic heterocycles. The third kappa shape index (κ3) is 9950. The van der Waals surface area contributed by atoms with Crippen LogP contribution in [0.25, 0.3) is 0 Å². The Morgan fingerprint density at radius 2 is 0.636 bits per heavy atom. The number of hydrogen-bond donors (Lipinski definition) is 0. The van der Waals surface area contributed by atoms with Crippen LogP contribution in [0.5, 0.6) is 0 Å². The van der Waals surface area contributed by atoms with E-state index in [1.54, 1.807) is 0 Å². The van der Waals surface area contributed by atoms with Gasteiger partial charge in [0, 0.05) is 0 Å². The Hall–Kier alpha value is 0.265. The molecule has 0 bridgehead atoms. The Morgan fingerprint density at radius 3 is 0.636 bits per heavy atom. The average molecular weight is 297 g/mol. The van der Waals surface area contributed by atoms with Gasteiger partial charge >= 0.3 is 74.1 Å². The molecule has 0 spiro atoms. The van der Waals surface area contributed by atoms with Gasteiger partial charge in [0.1, 0.15) is 0 Å². The van der Waals surface area contributed by atoms with Crippen molar-refractivity contribution >= 4 is 0 Å². The zero-order valence-corrected chi connectivity index (χ0v) is 7.76. The summed E-state index contributed by atoms with van der Waals surface area (Å²) in [6.07, 6.45) is 0. The van der Waals surface area contributed by atoms with Crippen LogP contribution in [-0.2, 0) is 65.7 Å². The van der Waals surface area contributed by atoms with Gasteiger partial charge in [0.25, 0.3) is 0 Å². The molecular formula is CoMn2O8. The summed E-state index contributed by atoms with van der Waals surface area (Å²) in [6, 6.07) is 0. The fourth-order valence-corrected chi connectivity index (χ4v) is 0. The Morgan fingerprint density at radius 1 is 0.636 bits per heavy atom. The molecule has 11 heavy (non-hydrogen) atoms. The Kier molecular flexibility index (Phi) is 9.25. The van der Waals surface area contributed by atoms with Gasteiger partial charge in [-0.3, -0.25) is 0 Å². The second-order valence-corrected chi connectivity index (χ2v) is 3.12. The van der Waals surface area contributed by atoms with Crippen LogP contribution in [0.15, 0.2) is 0 Å². The van der Waals surface area contributed by atoms with Gasteiger partial charge < -0.3 is 0 Å². The van der Waals surface area contributed by atoms with Crippen molar-refractivity contribution < 1.29 is 74.1 Å². The molecule has 0 N–H and O–H groups in total. The van der Waals surface area contributed by atoms with E-state index in [0.29, 0.717) is 0 Å². The molecule has 0 aliphatic carbocycles. The third-order valence-corrected chi connectivity index (χ3v) is 0. The van der Waals surface area contributed by atoms with Gasteiger partial charge in [0.05, 0.1) is 0 Å². The van der Waals surface area contributed by atoms with Crippen LogP contribution in [0.3, 0.4) is 0 Å². The molecule has 8 nitrogen and oxygen atoms in total. The fourth-order valence-electron chi connectivity index (χ4n) is 0. The first-order chi connectivity index (χ1) is 4.00. The maximum absolute atomic E-state index is 8.58. The zero-order valence-electron chi connectivity index (χ0n) is 4.36. The van der Waals surface area contributed by atoms with Crippen LogP contribution in [0.2, 0.25) is 0 Å². The van der Waals surface area contributed by atoms with E-state index >= 15 is 0 Å². The first-order valence-corrected chi connectivity index (χ1v) is 5.09. The van der Waals surface area contributed by atoms with Crippen LogP contribution >= 0.6 is 0 Å². The second kappa shape index (κ2) is 5.86. The average Bonchev–Trinajstić information content (AvgIpc) is 1.12. The quantitative estimate of drug-likeness (QED) is 0.427. The van der Waals surface area contributed by atoms with E-state index in [9.17, 15) is 0 Å². The van der Waals surface area contributed by atoms with Gasteiger partial charge in [-0.1, -0.05) is 0 Å². The van der Waals surface area contributed by atoms with E-state index in [-0.39, 0.29) is 16.8 Å². The van der Waals surface area contributed by atoms with Gasteiger partial charge in [-0.05, 0) is 0 Å². The molecule has 0 amide bonds. The zero-order chi connectivity index (χ0) is 9.00. The van der Waals surface area contributed by atoms with Crippen LogP contribution in [-0.4, -0.2) is 0 Å². The molecule has 0 unspecified atom stereocenters. The standard InChI is InChI=1S/Co.2Mn.8O/q+2;;;;;;;;;2*-1. The van der Waals surface area contributed by atoms with E-state index in [4.69, 9.17) is 31.4 Å². The molecule has 0 fully saturated rings. The van der Waals surface area contributed by atoms with Crippen molar-refractivity contribution in [2.24, 2.45) is 0 Å². The Balaban J connectivity index is -0.000000107. The SMILES string of the molecule is [Co+2].[O]=[Mn](=[O])(=[O])[O-].[O]=[Mn](=[O])(=[O])[O-]. The molecule has 0 saturated carbocycles. The summed E-state index contributed by atoms with van der Waals surface area (Å²) in [7, 11) is 0. The van der Waals surface area contributed by atoms with Crippen molar-refractivity contribution in [3.63, 3.8) is 0 Å². The van der Waals surface area contributed by atoms with E-state index in [1.807, 2.05) is 0 Å². The van der Waals surface area contributed by atoms with Gasteiger partial charge in [-0.15, -0.1) is 0 Å². The molecule has 0 aliphatic rings. The summed E-state index contributed by atoms with van der Waals surface area (Å²) in [5.74, 6) is 0. The summed E-state index contributed by atoms with van der Waals surface area (Å²) in [6.45, 7) is 0. The van der Waals surface area contributed by atoms with Crippen molar-refractivity contribution in [1.29, 1.82) is 0 Å². The number of hydrogen-bond acceptors (Lipinski definition) is 8. The molecule has 71 valence electrons. The van der Waals surface area contributed by atoms with Crippen molar-refractivity contribution in [3.8, 4) is 0 Å². The molecule has 11 heteroatoms. The molecule has 0 aromatic carbocycles. The summed E-state index contributed by atoms with van der Waals surface area (Å²) < 4.78 is 68.6. The predicted molar refractivity (Wildman–Crippen MR) is 4.12 cm³/mol. The first kappa shape index (κ1) is 17.4. The van der Waals surface area contributed by atoms with Gasteiger partial charge in [-0.2, -0.15) is 0 Å².